The van der Waals surface area contributed by atoms with E-state index in [4.69, 9.17) is 11.6 Å². The highest BCUT2D eigenvalue weighted by atomic mass is 35.5. The molecule has 4 nitrogen and oxygen atoms in total. The lowest BCUT2D eigenvalue weighted by Gasteiger charge is -2.25. The zero-order valence-corrected chi connectivity index (χ0v) is 11.1. The lowest BCUT2D eigenvalue weighted by atomic mass is 9.99. The first kappa shape index (κ1) is 12.9. The third kappa shape index (κ3) is 2.48. The Balaban J connectivity index is 2.26. The fourth-order valence-corrected chi connectivity index (χ4v) is 1.96. The Hall–Kier alpha value is -1.55. The molecule has 0 radical (unpaired) electrons. The van der Waals surface area contributed by atoms with Gasteiger partial charge in [0.05, 0.1) is 0 Å². The molecule has 1 atom stereocenters. The minimum atomic E-state index is -0.598. The second-order valence-corrected chi connectivity index (χ2v) is 5.11. The highest BCUT2D eigenvalue weighted by Crippen LogP contribution is 2.22. The van der Waals surface area contributed by atoms with E-state index < -0.39 is 5.38 Å². The van der Waals surface area contributed by atoms with Crippen LogP contribution in [0, 0.1) is 0 Å². The Morgan fingerprint density at radius 1 is 1.50 bits per heavy atom. The number of hydrogen-bond acceptors (Lipinski definition) is 2. The smallest absolute Gasteiger partial charge is 0.253 e. The van der Waals surface area contributed by atoms with Crippen LogP contribution in [0.2, 0.25) is 0 Å². The number of anilines is 1. The van der Waals surface area contributed by atoms with Crippen LogP contribution in [0.25, 0.3) is 0 Å². The van der Waals surface area contributed by atoms with Crippen molar-refractivity contribution in [3.63, 3.8) is 0 Å². The molecule has 2 amide bonds. The molecule has 1 aliphatic rings. The number of likely N-dealkylation sites (N-methyl/N-ethyl adjacent to an activating group) is 1. The molecule has 1 N–H and O–H groups in total. The van der Waals surface area contributed by atoms with Crippen LogP contribution in [0.4, 0.5) is 5.69 Å². The van der Waals surface area contributed by atoms with E-state index in [0.29, 0.717) is 11.3 Å². The highest BCUT2D eigenvalue weighted by Gasteiger charge is 2.22. The molecule has 0 aliphatic carbocycles. The maximum Gasteiger partial charge on any atom is 0.253 e. The second-order valence-electron chi connectivity index (χ2n) is 4.45. The van der Waals surface area contributed by atoms with E-state index in [1.54, 1.807) is 31.0 Å². The molecule has 0 saturated heterocycles. The summed E-state index contributed by atoms with van der Waals surface area (Å²) in [4.78, 5) is 25.1. The van der Waals surface area contributed by atoms with Crippen LogP contribution >= 0.6 is 11.6 Å². The third-order valence-electron chi connectivity index (χ3n) is 3.03. The van der Waals surface area contributed by atoms with Crippen molar-refractivity contribution >= 4 is 29.1 Å². The highest BCUT2D eigenvalue weighted by molar-refractivity contribution is 6.32. The number of carbonyl (C=O) groups excluding carboxylic acids is 2. The number of carbonyl (C=O) groups is 2. The van der Waals surface area contributed by atoms with E-state index in [1.165, 1.54) is 0 Å². The molecule has 0 saturated carbocycles. The Morgan fingerprint density at radius 2 is 2.22 bits per heavy atom. The van der Waals surface area contributed by atoms with E-state index in [9.17, 15) is 9.59 Å². The van der Waals surface area contributed by atoms with Gasteiger partial charge in [-0.25, -0.2) is 0 Å². The van der Waals surface area contributed by atoms with Gasteiger partial charge in [0.2, 0.25) is 5.91 Å². The summed E-state index contributed by atoms with van der Waals surface area (Å²) in [6, 6.07) is 5.40. The molecule has 1 aliphatic heterocycles. The summed E-state index contributed by atoms with van der Waals surface area (Å²) in [6.45, 7) is 2.34. The molecule has 1 aromatic rings. The van der Waals surface area contributed by atoms with Crippen LogP contribution in [-0.4, -0.2) is 35.7 Å². The topological polar surface area (TPSA) is 49.4 Å². The average Bonchev–Trinajstić information content (AvgIpc) is 2.34. The summed E-state index contributed by atoms with van der Waals surface area (Å²) in [5.74, 6) is -0.278. The molecular weight excluding hydrogens is 252 g/mol. The molecule has 0 aromatic heterocycles. The van der Waals surface area contributed by atoms with Gasteiger partial charge in [-0.1, -0.05) is 6.07 Å². The minimum Gasteiger partial charge on any atom is -0.341 e. The summed E-state index contributed by atoms with van der Waals surface area (Å²) in [5, 5.41) is 2.09. The Labute approximate surface area is 111 Å². The van der Waals surface area contributed by atoms with Crippen molar-refractivity contribution in [3.8, 4) is 0 Å². The molecule has 0 fully saturated rings. The minimum absolute atomic E-state index is 0.00808. The Morgan fingerprint density at radius 3 is 2.89 bits per heavy atom. The predicted octanol–water partition coefficient (Wildman–Crippen LogP) is 1.88. The van der Waals surface area contributed by atoms with Crippen molar-refractivity contribution in [1.29, 1.82) is 0 Å². The van der Waals surface area contributed by atoms with Crippen molar-refractivity contribution in [2.24, 2.45) is 0 Å². The van der Waals surface area contributed by atoms with Crippen LogP contribution in [0.15, 0.2) is 18.2 Å². The molecule has 96 valence electrons. The Kier molecular flexibility index (Phi) is 3.57. The summed E-state index contributed by atoms with van der Waals surface area (Å²) < 4.78 is 0. The summed E-state index contributed by atoms with van der Waals surface area (Å²) in [7, 11) is 1.78. The standard InChI is InChI=1S/C13H15ClN2O2/c1-8(14)12(17)15-10-4-3-9-5-6-16(2)13(18)11(9)7-10/h3-4,7-8H,5-6H2,1-2H3,(H,15,17). The van der Waals surface area contributed by atoms with Crippen molar-refractivity contribution in [2.45, 2.75) is 18.7 Å². The largest absolute Gasteiger partial charge is 0.341 e. The number of halogens is 1. The predicted molar refractivity (Wildman–Crippen MR) is 71.1 cm³/mol. The van der Waals surface area contributed by atoms with Gasteiger partial charge in [-0.15, -0.1) is 11.6 Å². The van der Waals surface area contributed by atoms with Gasteiger partial charge in [-0.05, 0) is 31.0 Å². The van der Waals surface area contributed by atoms with Gasteiger partial charge in [0.15, 0.2) is 0 Å². The van der Waals surface area contributed by atoms with E-state index in [1.807, 2.05) is 6.07 Å². The summed E-state index contributed by atoms with van der Waals surface area (Å²) in [6.07, 6.45) is 0.845. The lowest BCUT2D eigenvalue weighted by Crippen LogP contribution is -2.34. The number of hydrogen-bond donors (Lipinski definition) is 1. The SMILES string of the molecule is CC(Cl)C(=O)Nc1ccc2c(c1)C(=O)N(C)CC2. The van der Waals surface area contributed by atoms with Gasteiger partial charge in [-0.3, -0.25) is 9.59 Å². The van der Waals surface area contributed by atoms with Gasteiger partial charge in [-0.2, -0.15) is 0 Å². The van der Waals surface area contributed by atoms with Gasteiger partial charge < -0.3 is 10.2 Å². The normalized spacial score (nSPS) is 16.2. The molecule has 0 spiro atoms. The lowest BCUT2D eigenvalue weighted by molar-refractivity contribution is -0.115. The molecule has 1 unspecified atom stereocenters. The first-order valence-electron chi connectivity index (χ1n) is 5.82. The number of amides is 2. The van der Waals surface area contributed by atoms with Crippen LogP contribution in [0.1, 0.15) is 22.8 Å². The first-order chi connectivity index (χ1) is 8.49. The van der Waals surface area contributed by atoms with E-state index in [0.717, 1.165) is 18.5 Å². The number of benzene rings is 1. The number of fused-ring (bicyclic) bond motifs is 1. The van der Waals surface area contributed by atoms with Crippen LogP contribution in [-0.2, 0) is 11.2 Å². The zero-order chi connectivity index (χ0) is 13.3. The first-order valence-corrected chi connectivity index (χ1v) is 6.26. The van der Waals surface area contributed by atoms with E-state index in [2.05, 4.69) is 5.32 Å². The number of rotatable bonds is 2. The fourth-order valence-electron chi connectivity index (χ4n) is 1.91. The molecule has 0 bridgehead atoms. The number of alkyl halides is 1. The molecule has 5 heteroatoms. The maximum atomic E-state index is 12.0. The number of nitrogens with zero attached hydrogens (tertiary/aromatic N) is 1. The van der Waals surface area contributed by atoms with Gasteiger partial charge in [0.25, 0.3) is 5.91 Å². The molecule has 1 aromatic carbocycles. The number of nitrogens with one attached hydrogen (secondary N) is 1. The maximum absolute atomic E-state index is 12.0. The summed E-state index contributed by atoms with van der Waals surface area (Å²) >= 11 is 5.69. The zero-order valence-electron chi connectivity index (χ0n) is 10.4. The fraction of sp³-hybridized carbons (Fsp3) is 0.385. The quantitative estimate of drug-likeness (QED) is 0.831. The van der Waals surface area contributed by atoms with Crippen molar-refractivity contribution < 1.29 is 9.59 Å². The molecule has 2 rings (SSSR count). The molecule has 1 heterocycles. The second kappa shape index (κ2) is 4.98. The summed E-state index contributed by atoms with van der Waals surface area (Å²) in [5.41, 5.74) is 2.29. The molecular formula is C13H15ClN2O2. The average molecular weight is 267 g/mol. The van der Waals surface area contributed by atoms with Crippen molar-refractivity contribution in [3.05, 3.63) is 29.3 Å². The van der Waals surface area contributed by atoms with Gasteiger partial charge in [0, 0.05) is 24.8 Å². The molecule has 18 heavy (non-hydrogen) atoms. The van der Waals surface area contributed by atoms with Crippen molar-refractivity contribution in [2.75, 3.05) is 18.9 Å². The van der Waals surface area contributed by atoms with E-state index in [-0.39, 0.29) is 11.8 Å². The van der Waals surface area contributed by atoms with Crippen LogP contribution < -0.4 is 5.32 Å². The third-order valence-corrected chi connectivity index (χ3v) is 3.23. The van der Waals surface area contributed by atoms with E-state index >= 15 is 0 Å². The van der Waals surface area contributed by atoms with Crippen molar-refractivity contribution in [1.82, 2.24) is 4.90 Å². The van der Waals surface area contributed by atoms with Crippen LogP contribution in [0.3, 0.4) is 0 Å². The Bertz CT molecular complexity index is 500. The van der Waals surface area contributed by atoms with Crippen LogP contribution in [0.5, 0.6) is 0 Å². The van der Waals surface area contributed by atoms with Gasteiger partial charge >= 0.3 is 0 Å². The van der Waals surface area contributed by atoms with Gasteiger partial charge in [0.1, 0.15) is 5.38 Å². The monoisotopic (exact) mass is 266 g/mol.